The SMILES string of the molecule is Cn1cc(C(=O)O)c(C(=O)NCc2ccccc2)n1. The number of carbonyl (C=O) groups excluding carboxylic acids is 1. The van der Waals surface area contributed by atoms with E-state index < -0.39 is 11.9 Å². The van der Waals surface area contributed by atoms with Crippen LogP contribution in [0.25, 0.3) is 0 Å². The van der Waals surface area contributed by atoms with E-state index in [1.165, 1.54) is 10.9 Å². The molecule has 0 atom stereocenters. The van der Waals surface area contributed by atoms with Crippen molar-refractivity contribution in [2.75, 3.05) is 0 Å². The molecule has 98 valence electrons. The second kappa shape index (κ2) is 5.34. The fourth-order valence-electron chi connectivity index (χ4n) is 1.67. The molecule has 0 saturated heterocycles. The summed E-state index contributed by atoms with van der Waals surface area (Å²) in [7, 11) is 1.57. The van der Waals surface area contributed by atoms with Gasteiger partial charge in [0.05, 0.1) is 0 Å². The molecule has 6 heteroatoms. The maximum Gasteiger partial charge on any atom is 0.339 e. The topological polar surface area (TPSA) is 84.2 Å². The second-order valence-corrected chi connectivity index (χ2v) is 4.04. The summed E-state index contributed by atoms with van der Waals surface area (Å²) in [6.07, 6.45) is 1.31. The van der Waals surface area contributed by atoms with Crippen molar-refractivity contribution in [2.45, 2.75) is 6.54 Å². The zero-order valence-electron chi connectivity index (χ0n) is 10.3. The number of rotatable bonds is 4. The number of aromatic nitrogens is 2. The van der Waals surface area contributed by atoms with Crippen molar-refractivity contribution in [2.24, 2.45) is 7.05 Å². The van der Waals surface area contributed by atoms with Crippen LogP contribution in [-0.2, 0) is 13.6 Å². The number of hydrogen-bond acceptors (Lipinski definition) is 3. The molecule has 0 aliphatic rings. The molecule has 0 bridgehead atoms. The van der Waals surface area contributed by atoms with Gasteiger partial charge in [0.1, 0.15) is 5.56 Å². The number of hydrogen-bond donors (Lipinski definition) is 2. The summed E-state index contributed by atoms with van der Waals surface area (Å²) in [5.74, 6) is -1.67. The van der Waals surface area contributed by atoms with Gasteiger partial charge in [-0.15, -0.1) is 0 Å². The quantitative estimate of drug-likeness (QED) is 0.859. The van der Waals surface area contributed by atoms with E-state index in [9.17, 15) is 9.59 Å². The summed E-state index contributed by atoms with van der Waals surface area (Å²) >= 11 is 0. The summed E-state index contributed by atoms with van der Waals surface area (Å²) in [5.41, 5.74) is 0.752. The Morgan fingerprint density at radius 3 is 2.63 bits per heavy atom. The minimum Gasteiger partial charge on any atom is -0.478 e. The maximum atomic E-state index is 11.9. The second-order valence-electron chi connectivity index (χ2n) is 4.04. The molecular weight excluding hydrogens is 246 g/mol. The van der Waals surface area contributed by atoms with Crippen molar-refractivity contribution in [1.82, 2.24) is 15.1 Å². The van der Waals surface area contributed by atoms with Crippen LogP contribution in [0.4, 0.5) is 0 Å². The van der Waals surface area contributed by atoms with Crippen LogP contribution < -0.4 is 5.32 Å². The van der Waals surface area contributed by atoms with Gasteiger partial charge < -0.3 is 10.4 Å². The first-order valence-electron chi connectivity index (χ1n) is 5.67. The van der Waals surface area contributed by atoms with Gasteiger partial charge in [-0.25, -0.2) is 4.79 Å². The van der Waals surface area contributed by atoms with Crippen LogP contribution in [0, 0.1) is 0 Å². The van der Waals surface area contributed by atoms with Crippen LogP contribution in [0.3, 0.4) is 0 Å². The maximum absolute atomic E-state index is 11.9. The van der Waals surface area contributed by atoms with Crippen molar-refractivity contribution in [1.29, 1.82) is 0 Å². The van der Waals surface area contributed by atoms with E-state index in [0.29, 0.717) is 6.54 Å². The van der Waals surface area contributed by atoms with Gasteiger partial charge in [-0.2, -0.15) is 5.10 Å². The number of benzene rings is 1. The van der Waals surface area contributed by atoms with Crippen molar-refractivity contribution in [3.63, 3.8) is 0 Å². The van der Waals surface area contributed by atoms with E-state index in [4.69, 9.17) is 5.11 Å². The molecule has 1 heterocycles. The Hall–Kier alpha value is -2.63. The number of amides is 1. The Kier molecular flexibility index (Phi) is 3.61. The molecule has 0 spiro atoms. The van der Waals surface area contributed by atoms with Gasteiger partial charge in [0.2, 0.25) is 0 Å². The molecule has 0 unspecified atom stereocenters. The third-order valence-electron chi connectivity index (χ3n) is 2.57. The lowest BCUT2D eigenvalue weighted by atomic mass is 10.2. The lowest BCUT2D eigenvalue weighted by molar-refractivity contribution is 0.0691. The number of nitrogens with one attached hydrogen (secondary N) is 1. The van der Waals surface area contributed by atoms with Gasteiger partial charge >= 0.3 is 5.97 Å². The molecule has 1 amide bonds. The third-order valence-corrected chi connectivity index (χ3v) is 2.57. The van der Waals surface area contributed by atoms with Gasteiger partial charge in [-0.3, -0.25) is 9.48 Å². The van der Waals surface area contributed by atoms with Gasteiger partial charge in [0, 0.05) is 19.8 Å². The first-order valence-corrected chi connectivity index (χ1v) is 5.67. The molecule has 1 aromatic carbocycles. The van der Waals surface area contributed by atoms with Crippen LogP contribution in [0.5, 0.6) is 0 Å². The van der Waals surface area contributed by atoms with E-state index >= 15 is 0 Å². The molecule has 6 nitrogen and oxygen atoms in total. The highest BCUT2D eigenvalue weighted by Crippen LogP contribution is 2.07. The molecule has 1 aromatic heterocycles. The molecule has 0 fully saturated rings. The Labute approximate surface area is 109 Å². The molecule has 2 rings (SSSR count). The van der Waals surface area contributed by atoms with Crippen molar-refractivity contribution >= 4 is 11.9 Å². The molecule has 2 aromatic rings. The van der Waals surface area contributed by atoms with E-state index in [1.54, 1.807) is 7.05 Å². The zero-order valence-corrected chi connectivity index (χ0v) is 10.3. The highest BCUT2D eigenvalue weighted by Gasteiger charge is 2.20. The summed E-state index contributed by atoms with van der Waals surface area (Å²) in [4.78, 5) is 22.9. The fraction of sp³-hybridized carbons (Fsp3) is 0.154. The lowest BCUT2D eigenvalue weighted by Crippen LogP contribution is -2.25. The van der Waals surface area contributed by atoms with Crippen LogP contribution >= 0.6 is 0 Å². The van der Waals surface area contributed by atoms with Crippen molar-refractivity contribution < 1.29 is 14.7 Å². The molecule has 0 aliphatic carbocycles. The first kappa shape index (κ1) is 12.8. The normalized spacial score (nSPS) is 10.2. The molecule has 19 heavy (non-hydrogen) atoms. The van der Waals surface area contributed by atoms with Crippen LogP contribution in [0.1, 0.15) is 26.4 Å². The van der Waals surface area contributed by atoms with Crippen molar-refractivity contribution in [3.8, 4) is 0 Å². The monoisotopic (exact) mass is 259 g/mol. The van der Waals surface area contributed by atoms with E-state index in [2.05, 4.69) is 10.4 Å². The Morgan fingerprint density at radius 2 is 2.00 bits per heavy atom. The number of carbonyl (C=O) groups is 2. The molecule has 0 saturated carbocycles. The van der Waals surface area contributed by atoms with Crippen LogP contribution in [0.2, 0.25) is 0 Å². The predicted octanol–water partition coefficient (Wildman–Crippen LogP) is 1.05. The molecular formula is C13H13N3O3. The average molecular weight is 259 g/mol. The summed E-state index contributed by atoms with van der Waals surface area (Å²) in [5, 5.41) is 15.5. The van der Waals surface area contributed by atoms with Gasteiger partial charge in [0.25, 0.3) is 5.91 Å². The molecule has 0 radical (unpaired) electrons. The van der Waals surface area contributed by atoms with Gasteiger partial charge in [-0.05, 0) is 5.56 Å². The van der Waals surface area contributed by atoms with Crippen molar-refractivity contribution in [3.05, 3.63) is 53.3 Å². The zero-order chi connectivity index (χ0) is 13.8. The minimum absolute atomic E-state index is 0.0778. The third kappa shape index (κ3) is 2.98. The number of carboxylic acid groups (broad SMARTS) is 1. The number of aromatic carboxylic acids is 1. The van der Waals surface area contributed by atoms with Gasteiger partial charge in [0.15, 0.2) is 5.69 Å². The first-order chi connectivity index (χ1) is 9.08. The van der Waals surface area contributed by atoms with Crippen LogP contribution in [0.15, 0.2) is 36.5 Å². The summed E-state index contributed by atoms with van der Waals surface area (Å²) < 4.78 is 1.31. The minimum atomic E-state index is -1.17. The van der Waals surface area contributed by atoms with E-state index in [-0.39, 0.29) is 11.3 Å². The largest absolute Gasteiger partial charge is 0.478 e. The van der Waals surface area contributed by atoms with E-state index in [1.807, 2.05) is 30.3 Å². The fourth-order valence-corrected chi connectivity index (χ4v) is 1.67. The highest BCUT2D eigenvalue weighted by atomic mass is 16.4. The average Bonchev–Trinajstić information content (AvgIpc) is 2.79. The number of carboxylic acids is 1. The number of nitrogens with zero attached hydrogens (tertiary/aromatic N) is 2. The standard InChI is InChI=1S/C13H13N3O3/c1-16-8-10(13(18)19)11(15-16)12(17)14-7-9-5-3-2-4-6-9/h2-6,8H,7H2,1H3,(H,14,17)(H,18,19). The highest BCUT2D eigenvalue weighted by molar-refractivity contribution is 6.03. The molecule has 0 aliphatic heterocycles. The Bertz CT molecular complexity index is 605. The molecule has 2 N–H and O–H groups in total. The predicted molar refractivity (Wildman–Crippen MR) is 67.8 cm³/mol. The van der Waals surface area contributed by atoms with E-state index in [0.717, 1.165) is 5.56 Å². The van der Waals surface area contributed by atoms with Gasteiger partial charge in [-0.1, -0.05) is 30.3 Å². The summed E-state index contributed by atoms with van der Waals surface area (Å²) in [6, 6.07) is 9.36. The van der Waals surface area contributed by atoms with Crippen LogP contribution in [-0.4, -0.2) is 26.8 Å². The lowest BCUT2D eigenvalue weighted by Gasteiger charge is -2.03. The summed E-state index contributed by atoms with van der Waals surface area (Å²) in [6.45, 7) is 0.329. The Balaban J connectivity index is 2.10. The number of aryl methyl sites for hydroxylation is 1. The Morgan fingerprint density at radius 1 is 1.32 bits per heavy atom. The smallest absolute Gasteiger partial charge is 0.339 e.